The molecular weight excluding hydrogens is 210 g/mol. The molecular formula is C8H18ClNO2S. The largest absolute Gasteiger partial charge is 0.228 e. The van der Waals surface area contributed by atoms with Crippen molar-refractivity contribution < 1.29 is 8.42 Å². The van der Waals surface area contributed by atoms with Gasteiger partial charge in [0.2, 0.25) is 10.0 Å². The summed E-state index contributed by atoms with van der Waals surface area (Å²) in [6, 6.07) is 0. The number of alkyl halides is 1. The average Bonchev–Trinajstić information content (AvgIpc) is 2.13. The Morgan fingerprint density at radius 2 is 1.92 bits per heavy atom. The summed E-state index contributed by atoms with van der Waals surface area (Å²) < 4.78 is 24.2. The topological polar surface area (TPSA) is 37.4 Å². The van der Waals surface area contributed by atoms with E-state index in [2.05, 4.69) is 0 Å². The summed E-state index contributed by atoms with van der Waals surface area (Å²) in [5.74, 6) is 0.387. The molecule has 0 saturated heterocycles. The van der Waals surface area contributed by atoms with Crippen LogP contribution in [0.5, 0.6) is 0 Å². The van der Waals surface area contributed by atoms with Crippen molar-refractivity contribution in [2.75, 3.05) is 18.3 Å². The molecule has 1 unspecified atom stereocenters. The van der Waals surface area contributed by atoms with Crippen LogP contribution >= 0.6 is 11.6 Å². The minimum absolute atomic E-state index is 0.322. The first-order chi connectivity index (χ1) is 5.97. The van der Waals surface area contributed by atoms with E-state index in [1.807, 2.05) is 20.8 Å². The lowest BCUT2D eigenvalue weighted by Crippen LogP contribution is -2.35. The fourth-order valence-corrected chi connectivity index (χ4v) is 2.41. The van der Waals surface area contributed by atoms with Gasteiger partial charge in [-0.05, 0) is 5.92 Å². The Balaban J connectivity index is 4.35. The van der Waals surface area contributed by atoms with Crippen LogP contribution in [0.25, 0.3) is 0 Å². The molecule has 0 bridgehead atoms. The van der Waals surface area contributed by atoms with Gasteiger partial charge in [0.15, 0.2) is 0 Å². The van der Waals surface area contributed by atoms with E-state index in [1.54, 1.807) is 0 Å². The molecule has 0 radical (unpaired) electrons. The van der Waals surface area contributed by atoms with Gasteiger partial charge in [-0.3, -0.25) is 0 Å². The molecule has 1 atom stereocenters. The van der Waals surface area contributed by atoms with E-state index in [1.165, 1.54) is 4.31 Å². The zero-order valence-electron chi connectivity index (χ0n) is 8.46. The molecule has 0 fully saturated rings. The van der Waals surface area contributed by atoms with Crippen molar-refractivity contribution in [3.63, 3.8) is 0 Å². The second kappa shape index (κ2) is 5.83. The Bertz CT molecular complexity index is 228. The van der Waals surface area contributed by atoms with Crippen molar-refractivity contribution in [1.29, 1.82) is 0 Å². The third-order valence-electron chi connectivity index (χ3n) is 2.10. The van der Waals surface area contributed by atoms with E-state index in [0.29, 0.717) is 19.0 Å². The van der Waals surface area contributed by atoms with Crippen LogP contribution in [-0.2, 0) is 10.0 Å². The Hall–Kier alpha value is 0.200. The molecule has 0 saturated carbocycles. The first-order valence-corrected chi connectivity index (χ1v) is 6.66. The lowest BCUT2D eigenvalue weighted by Gasteiger charge is -2.21. The predicted molar refractivity (Wildman–Crippen MR) is 56.3 cm³/mol. The van der Waals surface area contributed by atoms with Crippen LogP contribution in [0.3, 0.4) is 0 Å². The monoisotopic (exact) mass is 227 g/mol. The second-order valence-corrected chi connectivity index (χ2v) is 5.74. The minimum Gasteiger partial charge on any atom is -0.211 e. The average molecular weight is 228 g/mol. The minimum atomic E-state index is -3.22. The quantitative estimate of drug-likeness (QED) is 0.650. The number of nitrogens with zero attached hydrogens (tertiary/aromatic N) is 1. The maximum Gasteiger partial charge on any atom is 0.228 e. The summed E-state index contributed by atoms with van der Waals surface area (Å²) >= 11 is 5.36. The van der Waals surface area contributed by atoms with E-state index >= 15 is 0 Å². The molecule has 5 heteroatoms. The Morgan fingerprint density at radius 1 is 1.38 bits per heavy atom. The smallest absolute Gasteiger partial charge is 0.211 e. The van der Waals surface area contributed by atoms with Gasteiger partial charge in [-0.15, -0.1) is 11.6 Å². The highest BCUT2D eigenvalue weighted by molar-refractivity contribution is 7.90. The van der Waals surface area contributed by atoms with Gasteiger partial charge in [0.05, 0.1) is 0 Å². The first kappa shape index (κ1) is 13.2. The van der Waals surface area contributed by atoms with Crippen LogP contribution in [0.4, 0.5) is 0 Å². The number of halogens is 1. The third-order valence-corrected chi connectivity index (χ3v) is 4.39. The Labute approximate surface area is 86.1 Å². The Kier molecular flexibility index (Phi) is 5.92. The third kappa shape index (κ3) is 4.29. The van der Waals surface area contributed by atoms with Crippen LogP contribution in [-0.4, -0.2) is 31.0 Å². The molecule has 0 aliphatic heterocycles. The highest BCUT2D eigenvalue weighted by atomic mass is 35.5. The van der Waals surface area contributed by atoms with E-state index in [4.69, 9.17) is 11.6 Å². The van der Waals surface area contributed by atoms with Gasteiger partial charge in [-0.1, -0.05) is 27.2 Å². The van der Waals surface area contributed by atoms with E-state index in [0.717, 1.165) is 6.42 Å². The van der Waals surface area contributed by atoms with E-state index in [-0.39, 0.29) is 5.21 Å². The summed E-state index contributed by atoms with van der Waals surface area (Å²) in [7, 11) is -3.22. The van der Waals surface area contributed by atoms with Crippen molar-refractivity contribution in [3.8, 4) is 0 Å². The lowest BCUT2D eigenvalue weighted by molar-refractivity contribution is 0.363. The van der Waals surface area contributed by atoms with Gasteiger partial charge in [0.1, 0.15) is 5.21 Å². The summed E-state index contributed by atoms with van der Waals surface area (Å²) in [6.07, 6.45) is 0.980. The summed E-state index contributed by atoms with van der Waals surface area (Å²) in [5, 5.41) is -0.322. The standard InChI is InChI=1S/C8H18ClNO2S/c1-4-8(3)6-10(5-2)13(11,12)7-9/h8H,4-7H2,1-3H3. The Morgan fingerprint density at radius 3 is 2.23 bits per heavy atom. The summed E-state index contributed by atoms with van der Waals surface area (Å²) in [4.78, 5) is 0. The highest BCUT2D eigenvalue weighted by Gasteiger charge is 2.20. The molecule has 0 spiro atoms. The molecule has 0 aliphatic rings. The van der Waals surface area contributed by atoms with E-state index in [9.17, 15) is 8.42 Å². The van der Waals surface area contributed by atoms with Crippen molar-refractivity contribution in [1.82, 2.24) is 4.31 Å². The second-order valence-electron chi connectivity index (χ2n) is 3.19. The van der Waals surface area contributed by atoms with Crippen LogP contribution in [0.15, 0.2) is 0 Å². The first-order valence-electron chi connectivity index (χ1n) is 4.51. The lowest BCUT2D eigenvalue weighted by atomic mass is 10.1. The van der Waals surface area contributed by atoms with Crippen molar-refractivity contribution in [3.05, 3.63) is 0 Å². The zero-order chi connectivity index (χ0) is 10.5. The summed E-state index contributed by atoms with van der Waals surface area (Å²) in [6.45, 7) is 6.98. The van der Waals surface area contributed by atoms with Gasteiger partial charge >= 0.3 is 0 Å². The number of sulfonamides is 1. The number of rotatable bonds is 6. The predicted octanol–water partition coefficient (Wildman–Crippen LogP) is 1.88. The molecule has 0 heterocycles. The van der Waals surface area contributed by atoms with Gasteiger partial charge < -0.3 is 0 Å². The molecule has 80 valence electrons. The molecule has 0 aliphatic carbocycles. The van der Waals surface area contributed by atoms with E-state index < -0.39 is 10.0 Å². The number of hydrogen-bond donors (Lipinski definition) is 0. The molecule has 0 N–H and O–H groups in total. The molecule has 0 aromatic carbocycles. The fourth-order valence-electron chi connectivity index (χ4n) is 0.985. The molecule has 0 rings (SSSR count). The zero-order valence-corrected chi connectivity index (χ0v) is 10.0. The fraction of sp³-hybridized carbons (Fsp3) is 1.00. The molecule has 13 heavy (non-hydrogen) atoms. The van der Waals surface area contributed by atoms with Crippen molar-refractivity contribution in [2.24, 2.45) is 5.92 Å². The van der Waals surface area contributed by atoms with Crippen molar-refractivity contribution in [2.45, 2.75) is 27.2 Å². The maximum atomic E-state index is 11.4. The molecule has 0 aromatic heterocycles. The van der Waals surface area contributed by atoms with Gasteiger partial charge in [-0.2, -0.15) is 0 Å². The number of hydrogen-bond acceptors (Lipinski definition) is 2. The normalized spacial score (nSPS) is 14.8. The van der Waals surface area contributed by atoms with Gasteiger partial charge in [-0.25, -0.2) is 12.7 Å². The SMILES string of the molecule is CCC(C)CN(CC)S(=O)(=O)CCl. The maximum absolute atomic E-state index is 11.4. The molecule has 0 aromatic rings. The van der Waals surface area contributed by atoms with Crippen LogP contribution in [0.1, 0.15) is 27.2 Å². The molecule has 3 nitrogen and oxygen atoms in total. The van der Waals surface area contributed by atoms with Crippen LogP contribution < -0.4 is 0 Å². The molecule has 0 amide bonds. The van der Waals surface area contributed by atoms with Crippen LogP contribution in [0.2, 0.25) is 0 Å². The van der Waals surface area contributed by atoms with Gasteiger partial charge in [0, 0.05) is 13.1 Å². The van der Waals surface area contributed by atoms with Crippen molar-refractivity contribution >= 4 is 21.6 Å². The highest BCUT2D eigenvalue weighted by Crippen LogP contribution is 2.09. The summed E-state index contributed by atoms with van der Waals surface area (Å²) in [5.41, 5.74) is 0. The van der Waals surface area contributed by atoms with Gasteiger partial charge in [0.25, 0.3) is 0 Å². The van der Waals surface area contributed by atoms with Crippen LogP contribution in [0, 0.1) is 5.92 Å².